The number of carbonyl (C=O) groups is 2. The third-order valence-corrected chi connectivity index (χ3v) is 2.01. The van der Waals surface area contributed by atoms with Gasteiger partial charge in [-0.3, -0.25) is 4.79 Å². The molecule has 0 bridgehead atoms. The van der Waals surface area contributed by atoms with Gasteiger partial charge in [0.1, 0.15) is 0 Å². The number of carbonyl (C=O) groups excluding carboxylic acids is 2. The molecule has 0 aromatic rings. The van der Waals surface area contributed by atoms with E-state index in [-0.39, 0.29) is 11.8 Å². The first-order chi connectivity index (χ1) is 5.13. The second-order valence-corrected chi connectivity index (χ2v) is 2.80. The molecule has 0 spiro atoms. The Kier molecular flexibility index (Phi) is 2.12. The minimum atomic E-state index is -0.484. The van der Waals surface area contributed by atoms with Crippen molar-refractivity contribution in [2.24, 2.45) is 5.73 Å². The van der Waals surface area contributed by atoms with E-state index in [1.807, 2.05) is 0 Å². The number of hydrogen-bond donors (Lipinski definition) is 1. The van der Waals surface area contributed by atoms with Gasteiger partial charge in [-0.05, 0) is 19.8 Å². The van der Waals surface area contributed by atoms with Gasteiger partial charge in [-0.25, -0.2) is 4.79 Å². The fraction of sp³-hybridized carbons (Fsp3) is 0.714. The molecule has 1 heterocycles. The van der Waals surface area contributed by atoms with Gasteiger partial charge in [0.15, 0.2) is 5.78 Å². The lowest BCUT2D eigenvalue weighted by Gasteiger charge is -2.19. The van der Waals surface area contributed by atoms with Gasteiger partial charge in [0.25, 0.3) is 0 Å². The van der Waals surface area contributed by atoms with Gasteiger partial charge in [-0.2, -0.15) is 0 Å². The fourth-order valence-electron chi connectivity index (χ4n) is 1.45. The summed E-state index contributed by atoms with van der Waals surface area (Å²) in [7, 11) is 0. The molecule has 1 fully saturated rings. The van der Waals surface area contributed by atoms with E-state index in [4.69, 9.17) is 5.73 Å². The lowest BCUT2D eigenvalue weighted by Crippen LogP contribution is -2.42. The standard InChI is InChI=1S/C7H12N2O2/c1-5(10)6-3-2-4-9(6)7(8)11/h6H,2-4H2,1H3,(H2,8,11)/t6-/m0/s1. The molecule has 0 saturated carbocycles. The van der Waals surface area contributed by atoms with E-state index in [0.717, 1.165) is 12.8 Å². The summed E-state index contributed by atoms with van der Waals surface area (Å²) in [6.07, 6.45) is 1.64. The van der Waals surface area contributed by atoms with Crippen molar-refractivity contribution in [1.82, 2.24) is 4.90 Å². The van der Waals surface area contributed by atoms with Crippen molar-refractivity contribution in [1.29, 1.82) is 0 Å². The van der Waals surface area contributed by atoms with Crippen LogP contribution in [0.1, 0.15) is 19.8 Å². The number of primary amides is 1. The summed E-state index contributed by atoms with van der Waals surface area (Å²) < 4.78 is 0. The van der Waals surface area contributed by atoms with E-state index >= 15 is 0 Å². The van der Waals surface area contributed by atoms with Crippen LogP contribution in [0.15, 0.2) is 0 Å². The van der Waals surface area contributed by atoms with Crippen LogP contribution in [-0.2, 0) is 4.79 Å². The van der Waals surface area contributed by atoms with Gasteiger partial charge in [0.2, 0.25) is 0 Å². The average molecular weight is 156 g/mol. The second kappa shape index (κ2) is 2.90. The Morgan fingerprint density at radius 2 is 2.18 bits per heavy atom. The molecule has 2 N–H and O–H groups in total. The zero-order valence-corrected chi connectivity index (χ0v) is 6.54. The number of urea groups is 1. The molecule has 1 saturated heterocycles. The summed E-state index contributed by atoms with van der Waals surface area (Å²) in [5, 5.41) is 0. The molecule has 1 atom stereocenters. The summed E-state index contributed by atoms with van der Waals surface area (Å²) in [6.45, 7) is 2.12. The SMILES string of the molecule is CC(=O)[C@@H]1CCCN1C(N)=O. The molecule has 1 aliphatic rings. The summed E-state index contributed by atoms with van der Waals surface area (Å²) >= 11 is 0. The van der Waals surface area contributed by atoms with Crippen molar-refractivity contribution in [3.05, 3.63) is 0 Å². The predicted molar refractivity (Wildman–Crippen MR) is 40.0 cm³/mol. The number of nitrogens with zero attached hydrogens (tertiary/aromatic N) is 1. The normalized spacial score (nSPS) is 23.7. The quantitative estimate of drug-likeness (QED) is 0.586. The van der Waals surface area contributed by atoms with Gasteiger partial charge in [-0.15, -0.1) is 0 Å². The maximum atomic E-state index is 10.9. The number of nitrogens with two attached hydrogens (primary N) is 1. The second-order valence-electron chi connectivity index (χ2n) is 2.80. The number of Topliss-reactive ketones (excluding diaryl/α,β-unsaturated/α-hetero) is 1. The average Bonchev–Trinajstić information content (AvgIpc) is 2.32. The largest absolute Gasteiger partial charge is 0.351 e. The van der Waals surface area contributed by atoms with Crippen molar-refractivity contribution >= 4 is 11.8 Å². The molecule has 4 heteroatoms. The molecule has 0 aromatic heterocycles. The molecule has 2 amide bonds. The fourth-order valence-corrected chi connectivity index (χ4v) is 1.45. The molecular weight excluding hydrogens is 144 g/mol. The van der Waals surface area contributed by atoms with Crippen LogP contribution in [0.3, 0.4) is 0 Å². The maximum absolute atomic E-state index is 10.9. The highest BCUT2D eigenvalue weighted by molar-refractivity contribution is 5.86. The van der Waals surface area contributed by atoms with Crippen molar-refractivity contribution < 1.29 is 9.59 Å². The van der Waals surface area contributed by atoms with Gasteiger partial charge in [-0.1, -0.05) is 0 Å². The summed E-state index contributed by atoms with van der Waals surface area (Å²) in [6, 6.07) is -0.741. The van der Waals surface area contributed by atoms with Crippen LogP contribution in [0.5, 0.6) is 0 Å². The van der Waals surface area contributed by atoms with Crippen molar-refractivity contribution in [2.75, 3.05) is 6.54 Å². The van der Waals surface area contributed by atoms with Crippen LogP contribution >= 0.6 is 0 Å². The first-order valence-electron chi connectivity index (χ1n) is 3.69. The monoisotopic (exact) mass is 156 g/mol. The number of hydrogen-bond acceptors (Lipinski definition) is 2. The van der Waals surface area contributed by atoms with E-state index in [2.05, 4.69) is 0 Å². The smallest absolute Gasteiger partial charge is 0.315 e. The molecule has 0 aromatic carbocycles. The van der Waals surface area contributed by atoms with E-state index in [9.17, 15) is 9.59 Å². The number of ketones is 1. The van der Waals surface area contributed by atoms with Crippen LogP contribution in [0, 0.1) is 0 Å². The molecule has 0 unspecified atom stereocenters. The van der Waals surface area contributed by atoms with E-state index in [1.165, 1.54) is 11.8 Å². The van der Waals surface area contributed by atoms with Crippen LogP contribution in [0.4, 0.5) is 4.79 Å². The molecular formula is C7H12N2O2. The third kappa shape index (κ3) is 1.50. The Morgan fingerprint density at radius 3 is 2.55 bits per heavy atom. The maximum Gasteiger partial charge on any atom is 0.315 e. The highest BCUT2D eigenvalue weighted by atomic mass is 16.2. The van der Waals surface area contributed by atoms with Crippen LogP contribution in [0.25, 0.3) is 0 Å². The first kappa shape index (κ1) is 8.04. The number of rotatable bonds is 1. The summed E-state index contributed by atoms with van der Waals surface area (Å²) in [5.74, 6) is 0.0290. The Balaban J connectivity index is 2.65. The van der Waals surface area contributed by atoms with Crippen LogP contribution in [-0.4, -0.2) is 29.3 Å². The van der Waals surface area contributed by atoms with Crippen molar-refractivity contribution in [2.45, 2.75) is 25.8 Å². The zero-order chi connectivity index (χ0) is 8.43. The van der Waals surface area contributed by atoms with Gasteiger partial charge in [0, 0.05) is 6.54 Å². The Morgan fingerprint density at radius 1 is 1.55 bits per heavy atom. The van der Waals surface area contributed by atoms with Gasteiger partial charge in [0.05, 0.1) is 6.04 Å². The summed E-state index contributed by atoms with van der Waals surface area (Å²) in [4.78, 5) is 23.1. The molecule has 1 aliphatic heterocycles. The van der Waals surface area contributed by atoms with Gasteiger partial charge < -0.3 is 10.6 Å². The van der Waals surface area contributed by atoms with E-state index in [0.29, 0.717) is 6.54 Å². The van der Waals surface area contributed by atoms with Gasteiger partial charge >= 0.3 is 6.03 Å². The molecule has 11 heavy (non-hydrogen) atoms. The Labute approximate surface area is 65.3 Å². The van der Waals surface area contributed by atoms with E-state index < -0.39 is 6.03 Å². The highest BCUT2D eigenvalue weighted by Crippen LogP contribution is 2.16. The number of amides is 2. The minimum Gasteiger partial charge on any atom is -0.351 e. The molecule has 1 rings (SSSR count). The molecule has 62 valence electrons. The summed E-state index contributed by atoms with van der Waals surface area (Å²) in [5.41, 5.74) is 5.06. The highest BCUT2D eigenvalue weighted by Gasteiger charge is 2.30. The first-order valence-corrected chi connectivity index (χ1v) is 3.69. The van der Waals surface area contributed by atoms with Crippen LogP contribution < -0.4 is 5.73 Å². The predicted octanol–water partition coefficient (Wildman–Crippen LogP) is 0.118. The Hall–Kier alpha value is -1.06. The lowest BCUT2D eigenvalue weighted by atomic mass is 10.1. The molecule has 4 nitrogen and oxygen atoms in total. The minimum absolute atomic E-state index is 0.0290. The zero-order valence-electron chi connectivity index (χ0n) is 6.54. The topological polar surface area (TPSA) is 63.4 Å². The van der Waals surface area contributed by atoms with Crippen molar-refractivity contribution in [3.63, 3.8) is 0 Å². The molecule has 0 aliphatic carbocycles. The molecule has 0 radical (unpaired) electrons. The van der Waals surface area contributed by atoms with E-state index in [1.54, 1.807) is 0 Å². The van der Waals surface area contributed by atoms with Crippen LogP contribution in [0.2, 0.25) is 0 Å². The van der Waals surface area contributed by atoms with Crippen molar-refractivity contribution in [3.8, 4) is 0 Å². The Bertz CT molecular complexity index is 171. The third-order valence-electron chi connectivity index (χ3n) is 2.01. The lowest BCUT2D eigenvalue weighted by molar-refractivity contribution is -0.120. The number of likely N-dealkylation sites (tertiary alicyclic amines) is 1.